The third-order valence-corrected chi connectivity index (χ3v) is 5.60. The van der Waals surface area contributed by atoms with Gasteiger partial charge >= 0.3 is 0 Å². The Morgan fingerprint density at radius 2 is 2.23 bits per heavy atom. The molecule has 1 unspecified atom stereocenters. The number of pyridine rings is 1. The number of hydrogen-bond acceptors (Lipinski definition) is 7. The molecule has 8 nitrogen and oxygen atoms in total. The number of nitrogen functional groups attached to an aromatic ring is 1. The van der Waals surface area contributed by atoms with Crippen molar-refractivity contribution in [1.82, 2.24) is 19.9 Å². The van der Waals surface area contributed by atoms with Crippen LogP contribution in [0.2, 0.25) is 0 Å². The van der Waals surface area contributed by atoms with Gasteiger partial charge in [0.2, 0.25) is 5.91 Å². The Balaban J connectivity index is 1.52. The molecule has 3 aromatic rings. The summed E-state index contributed by atoms with van der Waals surface area (Å²) < 4.78 is 2.53. The standard InChI is InChI=1S/C17H18N6O2S/c1-19-11-8-21-15-3-2-12(23(15)17(11)25)16(24)22-7-10-4-9-6-20-14(18)5-13(9)26-10/h4-6,8,12,19H,2-3,7H2,1H3,(H2,18,20)(H,22,24). The molecule has 1 aliphatic heterocycles. The van der Waals surface area contributed by atoms with E-state index in [-0.39, 0.29) is 11.5 Å². The molecule has 4 N–H and O–H groups in total. The van der Waals surface area contributed by atoms with Crippen molar-refractivity contribution in [2.45, 2.75) is 25.4 Å². The van der Waals surface area contributed by atoms with Gasteiger partial charge in [0.05, 0.1) is 12.7 Å². The predicted molar refractivity (Wildman–Crippen MR) is 101 cm³/mol. The van der Waals surface area contributed by atoms with Crippen molar-refractivity contribution in [2.75, 3.05) is 18.1 Å². The predicted octanol–water partition coefficient (Wildman–Crippen LogP) is 1.28. The quantitative estimate of drug-likeness (QED) is 0.637. The van der Waals surface area contributed by atoms with E-state index >= 15 is 0 Å². The van der Waals surface area contributed by atoms with Crippen LogP contribution in [0.25, 0.3) is 10.1 Å². The van der Waals surface area contributed by atoms with E-state index in [1.807, 2.05) is 12.1 Å². The molecule has 3 aromatic heterocycles. The lowest BCUT2D eigenvalue weighted by Crippen LogP contribution is -2.36. The fourth-order valence-electron chi connectivity index (χ4n) is 3.21. The summed E-state index contributed by atoms with van der Waals surface area (Å²) in [7, 11) is 1.67. The smallest absolute Gasteiger partial charge is 0.277 e. The molecule has 0 aromatic carbocycles. The van der Waals surface area contributed by atoms with Gasteiger partial charge in [0.15, 0.2) is 0 Å². The Morgan fingerprint density at radius 1 is 1.38 bits per heavy atom. The van der Waals surface area contributed by atoms with Crippen molar-refractivity contribution in [3.8, 4) is 0 Å². The van der Waals surface area contributed by atoms with Gasteiger partial charge in [-0.25, -0.2) is 9.97 Å². The van der Waals surface area contributed by atoms with Crippen LogP contribution in [0.1, 0.15) is 23.2 Å². The Morgan fingerprint density at radius 3 is 3.04 bits per heavy atom. The van der Waals surface area contributed by atoms with Crippen LogP contribution in [0.4, 0.5) is 11.5 Å². The number of amides is 1. The lowest BCUT2D eigenvalue weighted by atomic mass is 10.2. The third-order valence-electron chi connectivity index (χ3n) is 4.51. The molecule has 0 saturated carbocycles. The van der Waals surface area contributed by atoms with Crippen LogP contribution in [-0.2, 0) is 17.8 Å². The number of aromatic nitrogens is 3. The molecule has 0 spiro atoms. The van der Waals surface area contributed by atoms with E-state index in [1.54, 1.807) is 24.6 Å². The van der Waals surface area contributed by atoms with E-state index in [2.05, 4.69) is 20.6 Å². The summed E-state index contributed by atoms with van der Waals surface area (Å²) in [4.78, 5) is 34.5. The Bertz CT molecular complexity index is 1060. The number of anilines is 2. The average molecular weight is 370 g/mol. The second kappa shape index (κ2) is 6.41. The maximum Gasteiger partial charge on any atom is 0.277 e. The zero-order chi connectivity index (χ0) is 18.3. The van der Waals surface area contributed by atoms with Gasteiger partial charge in [-0.2, -0.15) is 0 Å². The summed E-state index contributed by atoms with van der Waals surface area (Å²) in [5.41, 5.74) is 5.89. The van der Waals surface area contributed by atoms with Crippen molar-refractivity contribution in [3.05, 3.63) is 45.6 Å². The highest BCUT2D eigenvalue weighted by atomic mass is 32.1. The highest BCUT2D eigenvalue weighted by Crippen LogP contribution is 2.27. The molecule has 134 valence electrons. The minimum absolute atomic E-state index is 0.170. The number of fused-ring (bicyclic) bond motifs is 2. The molecule has 0 fully saturated rings. The molecule has 4 rings (SSSR count). The van der Waals surface area contributed by atoms with Gasteiger partial charge in [0.25, 0.3) is 5.56 Å². The van der Waals surface area contributed by atoms with Crippen molar-refractivity contribution in [1.29, 1.82) is 0 Å². The maximum absolute atomic E-state index is 12.7. The van der Waals surface area contributed by atoms with Crippen LogP contribution in [0.15, 0.2) is 29.3 Å². The molecule has 0 saturated heterocycles. The number of aryl methyl sites for hydroxylation is 1. The van der Waals surface area contributed by atoms with E-state index in [0.717, 1.165) is 15.0 Å². The van der Waals surface area contributed by atoms with E-state index in [1.165, 1.54) is 10.8 Å². The topological polar surface area (TPSA) is 115 Å². The molecule has 0 radical (unpaired) electrons. The van der Waals surface area contributed by atoms with Gasteiger partial charge in [-0.1, -0.05) is 0 Å². The molecular weight excluding hydrogens is 352 g/mol. The van der Waals surface area contributed by atoms with E-state index < -0.39 is 6.04 Å². The first-order valence-electron chi connectivity index (χ1n) is 8.26. The number of nitrogens with one attached hydrogen (secondary N) is 2. The summed E-state index contributed by atoms with van der Waals surface area (Å²) in [5.74, 6) is 0.957. The Hall–Kier alpha value is -2.94. The molecule has 1 aliphatic rings. The number of nitrogens with zero attached hydrogens (tertiary/aromatic N) is 3. The first-order chi connectivity index (χ1) is 12.6. The number of hydrogen-bond donors (Lipinski definition) is 3. The molecule has 1 atom stereocenters. The molecule has 26 heavy (non-hydrogen) atoms. The number of thiophene rings is 1. The SMILES string of the molecule is CNc1cnc2n(c1=O)C(C(=O)NCc1cc3cnc(N)cc3s1)CC2. The Kier molecular flexibility index (Phi) is 4.08. The van der Waals surface area contributed by atoms with Crippen molar-refractivity contribution >= 4 is 38.8 Å². The van der Waals surface area contributed by atoms with Crippen LogP contribution < -0.4 is 21.9 Å². The summed E-state index contributed by atoms with van der Waals surface area (Å²) in [5, 5.41) is 6.75. The van der Waals surface area contributed by atoms with E-state index in [4.69, 9.17) is 5.73 Å². The minimum Gasteiger partial charge on any atom is -0.384 e. The van der Waals surface area contributed by atoms with Gasteiger partial charge in [-0.15, -0.1) is 11.3 Å². The molecular formula is C17H18N6O2S. The van der Waals surface area contributed by atoms with Gasteiger partial charge in [0, 0.05) is 34.6 Å². The molecule has 1 amide bonds. The average Bonchev–Trinajstić information content (AvgIpc) is 3.23. The van der Waals surface area contributed by atoms with Crippen LogP contribution in [0.5, 0.6) is 0 Å². The summed E-state index contributed by atoms with van der Waals surface area (Å²) in [6.07, 6.45) is 4.44. The normalized spacial score (nSPS) is 15.8. The van der Waals surface area contributed by atoms with Crippen molar-refractivity contribution in [3.63, 3.8) is 0 Å². The molecule has 0 aliphatic carbocycles. The number of nitrogens with two attached hydrogens (primary N) is 1. The molecule has 4 heterocycles. The monoisotopic (exact) mass is 370 g/mol. The van der Waals surface area contributed by atoms with Gasteiger partial charge in [-0.3, -0.25) is 14.2 Å². The lowest BCUT2D eigenvalue weighted by molar-refractivity contribution is -0.124. The van der Waals surface area contributed by atoms with Crippen LogP contribution in [-0.4, -0.2) is 27.5 Å². The largest absolute Gasteiger partial charge is 0.384 e. The number of rotatable bonds is 4. The second-order valence-corrected chi connectivity index (χ2v) is 7.31. The Labute approximate surface area is 153 Å². The highest BCUT2D eigenvalue weighted by molar-refractivity contribution is 7.19. The lowest BCUT2D eigenvalue weighted by Gasteiger charge is -2.14. The highest BCUT2D eigenvalue weighted by Gasteiger charge is 2.30. The number of carbonyl (C=O) groups is 1. The maximum atomic E-state index is 12.7. The zero-order valence-corrected chi connectivity index (χ0v) is 15.0. The fourth-order valence-corrected chi connectivity index (χ4v) is 4.23. The number of carbonyl (C=O) groups excluding carboxylic acids is 1. The molecule has 0 bridgehead atoms. The molecule has 9 heteroatoms. The van der Waals surface area contributed by atoms with E-state index in [9.17, 15) is 9.59 Å². The zero-order valence-electron chi connectivity index (χ0n) is 14.2. The van der Waals surface area contributed by atoms with Crippen molar-refractivity contribution < 1.29 is 4.79 Å². The summed E-state index contributed by atoms with van der Waals surface area (Å²) in [6.45, 7) is 0.401. The first-order valence-corrected chi connectivity index (χ1v) is 9.08. The minimum atomic E-state index is -0.523. The van der Waals surface area contributed by atoms with Gasteiger partial charge < -0.3 is 16.4 Å². The van der Waals surface area contributed by atoms with E-state index in [0.29, 0.717) is 36.7 Å². The van der Waals surface area contributed by atoms with Gasteiger partial charge in [0.1, 0.15) is 23.4 Å². The summed E-state index contributed by atoms with van der Waals surface area (Å²) in [6, 6.07) is 3.29. The fraction of sp³-hybridized carbons (Fsp3) is 0.294. The van der Waals surface area contributed by atoms with Crippen LogP contribution in [0.3, 0.4) is 0 Å². The van der Waals surface area contributed by atoms with Crippen LogP contribution in [0, 0.1) is 0 Å². The third kappa shape index (κ3) is 2.80. The van der Waals surface area contributed by atoms with Crippen LogP contribution >= 0.6 is 11.3 Å². The second-order valence-electron chi connectivity index (χ2n) is 6.15. The van der Waals surface area contributed by atoms with Crippen molar-refractivity contribution in [2.24, 2.45) is 0 Å². The summed E-state index contributed by atoms with van der Waals surface area (Å²) >= 11 is 1.57. The first kappa shape index (κ1) is 16.5. The van der Waals surface area contributed by atoms with Gasteiger partial charge in [-0.05, 0) is 18.6 Å².